The molecule has 5 nitrogen and oxygen atoms in total. The average Bonchev–Trinajstić information content (AvgIpc) is 2.25. The van der Waals surface area contributed by atoms with Crippen molar-refractivity contribution in [3.8, 4) is 5.75 Å². The molecular weight excluding hydrogens is 212 g/mol. The van der Waals surface area contributed by atoms with Gasteiger partial charge in [0, 0.05) is 6.08 Å². The van der Waals surface area contributed by atoms with E-state index < -0.39 is 11.9 Å². The summed E-state index contributed by atoms with van der Waals surface area (Å²) < 4.78 is 4.88. The van der Waals surface area contributed by atoms with E-state index in [1.807, 2.05) is 0 Å². The Morgan fingerprint density at radius 2 is 2.00 bits per heavy atom. The van der Waals surface area contributed by atoms with Crippen LogP contribution >= 0.6 is 0 Å². The molecule has 84 valence electrons. The van der Waals surface area contributed by atoms with Gasteiger partial charge in [-0.1, -0.05) is 6.07 Å². The highest BCUT2D eigenvalue weighted by Gasteiger charge is 2.09. The molecule has 0 atom stereocenters. The SMILES string of the molecule is COc1ccc(/C=C/C(=O)O)c(C(=O)O)c1. The van der Waals surface area contributed by atoms with Gasteiger partial charge in [0.25, 0.3) is 0 Å². The Morgan fingerprint density at radius 1 is 1.31 bits per heavy atom. The summed E-state index contributed by atoms with van der Waals surface area (Å²) in [7, 11) is 1.42. The Labute approximate surface area is 91.6 Å². The van der Waals surface area contributed by atoms with E-state index in [2.05, 4.69) is 0 Å². The second-order valence-corrected chi connectivity index (χ2v) is 2.93. The van der Waals surface area contributed by atoms with Crippen molar-refractivity contribution in [1.29, 1.82) is 0 Å². The summed E-state index contributed by atoms with van der Waals surface area (Å²) in [5.41, 5.74) is 0.313. The summed E-state index contributed by atoms with van der Waals surface area (Å²) >= 11 is 0. The van der Waals surface area contributed by atoms with Crippen molar-refractivity contribution in [3.05, 3.63) is 35.4 Å². The van der Waals surface area contributed by atoms with Crippen molar-refractivity contribution in [3.63, 3.8) is 0 Å². The molecular formula is C11H10O5. The molecule has 5 heteroatoms. The van der Waals surface area contributed by atoms with Gasteiger partial charge in [0.2, 0.25) is 0 Å². The van der Waals surface area contributed by atoms with Crippen LogP contribution in [-0.2, 0) is 4.79 Å². The van der Waals surface area contributed by atoms with Gasteiger partial charge in [-0.25, -0.2) is 9.59 Å². The Balaban J connectivity index is 3.18. The van der Waals surface area contributed by atoms with E-state index in [1.165, 1.54) is 25.3 Å². The molecule has 0 aromatic heterocycles. The van der Waals surface area contributed by atoms with Crippen LogP contribution in [0.4, 0.5) is 0 Å². The number of hydrogen-bond acceptors (Lipinski definition) is 3. The Kier molecular flexibility index (Phi) is 3.66. The predicted molar refractivity (Wildman–Crippen MR) is 56.6 cm³/mol. The Hall–Kier alpha value is -2.30. The van der Waals surface area contributed by atoms with Gasteiger partial charge in [-0.3, -0.25) is 0 Å². The van der Waals surface area contributed by atoms with Crippen LogP contribution in [0.15, 0.2) is 24.3 Å². The number of rotatable bonds is 4. The summed E-state index contributed by atoms with van der Waals surface area (Å²) in [4.78, 5) is 21.2. The molecule has 16 heavy (non-hydrogen) atoms. The Bertz CT molecular complexity index is 448. The number of hydrogen-bond donors (Lipinski definition) is 2. The van der Waals surface area contributed by atoms with Crippen LogP contribution in [0.1, 0.15) is 15.9 Å². The maximum absolute atomic E-state index is 10.9. The van der Waals surface area contributed by atoms with Crippen molar-refractivity contribution in [2.24, 2.45) is 0 Å². The standard InChI is InChI=1S/C11H10O5/c1-16-8-4-2-7(3-5-10(12)13)9(6-8)11(14)15/h2-6H,1H3,(H,12,13)(H,14,15)/b5-3+. The Morgan fingerprint density at radius 3 is 2.50 bits per heavy atom. The molecule has 1 aromatic carbocycles. The largest absolute Gasteiger partial charge is 0.497 e. The molecule has 0 heterocycles. The normalized spacial score (nSPS) is 10.3. The fourth-order valence-electron chi connectivity index (χ4n) is 1.15. The van der Waals surface area contributed by atoms with E-state index in [4.69, 9.17) is 14.9 Å². The lowest BCUT2D eigenvalue weighted by atomic mass is 10.1. The third kappa shape index (κ3) is 2.84. The quantitative estimate of drug-likeness (QED) is 0.754. The van der Waals surface area contributed by atoms with Gasteiger partial charge in [-0.2, -0.15) is 0 Å². The molecule has 1 aromatic rings. The van der Waals surface area contributed by atoms with Crippen molar-refractivity contribution in [1.82, 2.24) is 0 Å². The first kappa shape index (κ1) is 11.8. The van der Waals surface area contributed by atoms with Gasteiger partial charge in [0.05, 0.1) is 12.7 Å². The highest BCUT2D eigenvalue weighted by atomic mass is 16.5. The topological polar surface area (TPSA) is 83.8 Å². The summed E-state index contributed by atoms with van der Waals surface area (Å²) in [6.07, 6.45) is 2.11. The van der Waals surface area contributed by atoms with E-state index in [1.54, 1.807) is 6.07 Å². The lowest BCUT2D eigenvalue weighted by molar-refractivity contribution is -0.131. The van der Waals surface area contributed by atoms with Crippen LogP contribution in [0.25, 0.3) is 6.08 Å². The highest BCUT2D eigenvalue weighted by Crippen LogP contribution is 2.18. The number of aliphatic carboxylic acids is 1. The summed E-state index contributed by atoms with van der Waals surface area (Å²) in [6, 6.07) is 4.39. The summed E-state index contributed by atoms with van der Waals surface area (Å²) in [5.74, 6) is -1.86. The van der Waals surface area contributed by atoms with Gasteiger partial charge >= 0.3 is 11.9 Å². The molecule has 0 saturated carbocycles. The highest BCUT2D eigenvalue weighted by molar-refractivity contribution is 5.94. The van der Waals surface area contributed by atoms with Gasteiger partial charge in [0.15, 0.2) is 0 Å². The zero-order valence-electron chi connectivity index (χ0n) is 8.51. The van der Waals surface area contributed by atoms with E-state index in [-0.39, 0.29) is 5.56 Å². The van der Waals surface area contributed by atoms with Crippen molar-refractivity contribution < 1.29 is 24.5 Å². The maximum atomic E-state index is 10.9. The van der Waals surface area contributed by atoms with Gasteiger partial charge in [-0.05, 0) is 23.8 Å². The maximum Gasteiger partial charge on any atom is 0.336 e. The fraction of sp³-hybridized carbons (Fsp3) is 0.0909. The second-order valence-electron chi connectivity index (χ2n) is 2.93. The number of aromatic carboxylic acids is 1. The molecule has 0 aliphatic rings. The first-order chi connectivity index (χ1) is 7.54. The predicted octanol–water partition coefficient (Wildman–Crippen LogP) is 1.49. The van der Waals surface area contributed by atoms with Crippen LogP contribution < -0.4 is 4.74 Å². The molecule has 0 aliphatic heterocycles. The van der Waals surface area contributed by atoms with E-state index in [0.717, 1.165) is 6.08 Å². The summed E-state index contributed by atoms with van der Waals surface area (Å²) in [6.45, 7) is 0. The zero-order chi connectivity index (χ0) is 12.1. The second kappa shape index (κ2) is 4.97. The van der Waals surface area contributed by atoms with Crippen molar-refractivity contribution in [2.75, 3.05) is 7.11 Å². The van der Waals surface area contributed by atoms with Crippen molar-refractivity contribution >= 4 is 18.0 Å². The van der Waals surface area contributed by atoms with Crippen LogP contribution in [0.2, 0.25) is 0 Å². The molecule has 0 unspecified atom stereocenters. The van der Waals surface area contributed by atoms with E-state index in [9.17, 15) is 9.59 Å². The van der Waals surface area contributed by atoms with Crippen LogP contribution in [0.5, 0.6) is 5.75 Å². The van der Waals surface area contributed by atoms with E-state index >= 15 is 0 Å². The molecule has 0 aliphatic carbocycles. The van der Waals surface area contributed by atoms with Gasteiger partial charge < -0.3 is 14.9 Å². The fourth-order valence-corrected chi connectivity index (χ4v) is 1.15. The van der Waals surface area contributed by atoms with Gasteiger partial charge in [0.1, 0.15) is 5.75 Å². The van der Waals surface area contributed by atoms with Gasteiger partial charge in [-0.15, -0.1) is 0 Å². The van der Waals surface area contributed by atoms with Crippen LogP contribution in [0.3, 0.4) is 0 Å². The number of ether oxygens (including phenoxy) is 1. The minimum Gasteiger partial charge on any atom is -0.497 e. The third-order valence-corrected chi connectivity index (χ3v) is 1.90. The number of carboxylic acid groups (broad SMARTS) is 2. The molecule has 2 N–H and O–H groups in total. The van der Waals surface area contributed by atoms with Crippen LogP contribution in [-0.4, -0.2) is 29.3 Å². The summed E-state index contributed by atoms with van der Waals surface area (Å²) in [5, 5.41) is 17.4. The number of carboxylic acids is 2. The lowest BCUT2D eigenvalue weighted by Gasteiger charge is -2.04. The van der Waals surface area contributed by atoms with Crippen molar-refractivity contribution in [2.45, 2.75) is 0 Å². The molecule has 0 spiro atoms. The average molecular weight is 222 g/mol. The van der Waals surface area contributed by atoms with Crippen LogP contribution in [0, 0.1) is 0 Å². The smallest absolute Gasteiger partial charge is 0.336 e. The zero-order valence-corrected chi connectivity index (χ0v) is 8.51. The third-order valence-electron chi connectivity index (χ3n) is 1.90. The molecule has 0 bridgehead atoms. The first-order valence-electron chi connectivity index (χ1n) is 4.37. The number of methoxy groups -OCH3 is 1. The number of benzene rings is 1. The molecule has 0 saturated heterocycles. The first-order valence-corrected chi connectivity index (χ1v) is 4.37. The lowest BCUT2D eigenvalue weighted by Crippen LogP contribution is -2.00. The minimum atomic E-state index is -1.14. The molecule has 1 rings (SSSR count). The minimum absolute atomic E-state index is 0.00292. The monoisotopic (exact) mass is 222 g/mol. The van der Waals surface area contributed by atoms with E-state index in [0.29, 0.717) is 11.3 Å². The molecule has 0 radical (unpaired) electrons. The molecule has 0 fully saturated rings. The molecule has 0 amide bonds. The number of carbonyl (C=O) groups is 2.